The van der Waals surface area contributed by atoms with E-state index in [1.807, 2.05) is 0 Å². The highest BCUT2D eigenvalue weighted by Crippen LogP contribution is 2.15. The largest absolute Gasteiger partial charge is 0.326 e. The average molecular weight is 238 g/mol. The summed E-state index contributed by atoms with van der Waals surface area (Å²) in [5.41, 5.74) is 0.517. The molecule has 5 nitrogen and oxygen atoms in total. The van der Waals surface area contributed by atoms with Gasteiger partial charge in [-0.3, -0.25) is 4.79 Å². The van der Waals surface area contributed by atoms with E-state index in [0.717, 1.165) is 0 Å². The van der Waals surface area contributed by atoms with E-state index < -0.39 is 15.6 Å². The lowest BCUT2D eigenvalue weighted by Gasteiger charge is -2.03. The second kappa shape index (κ2) is 4.77. The molecule has 1 aromatic rings. The third kappa shape index (κ3) is 3.07. The van der Waals surface area contributed by atoms with Crippen molar-refractivity contribution in [1.29, 1.82) is 5.26 Å². The van der Waals surface area contributed by atoms with Crippen LogP contribution in [0, 0.1) is 11.3 Å². The summed E-state index contributed by atoms with van der Waals surface area (Å²) >= 11 is 0. The summed E-state index contributed by atoms with van der Waals surface area (Å²) in [4.78, 5) is 10.8. The van der Waals surface area contributed by atoms with Crippen LogP contribution >= 0.6 is 0 Å². The van der Waals surface area contributed by atoms with Crippen LogP contribution in [0.5, 0.6) is 0 Å². The maximum atomic E-state index is 11.5. The maximum Gasteiger partial charge on any atom is 0.221 e. The molecule has 0 bridgehead atoms. The molecule has 0 aromatic heterocycles. The van der Waals surface area contributed by atoms with Crippen LogP contribution in [0.4, 0.5) is 5.69 Å². The first-order chi connectivity index (χ1) is 7.45. The first-order valence-electron chi connectivity index (χ1n) is 4.43. The maximum absolute atomic E-state index is 11.5. The number of anilines is 1. The molecule has 0 aliphatic carbocycles. The molecule has 0 saturated heterocycles. The molecule has 0 aliphatic rings. The third-order valence-electron chi connectivity index (χ3n) is 1.79. The standard InChI is InChI=1S/C10H10N2O3S/c1-8(13)12-9-2-4-10(5-3-9)16(14,15)7-6-11/h2-5H,7H2,1H3,(H,12,13). The van der Waals surface area contributed by atoms with E-state index in [1.165, 1.54) is 31.2 Å². The molecule has 1 N–H and O–H groups in total. The van der Waals surface area contributed by atoms with Crippen LogP contribution in [0.3, 0.4) is 0 Å². The van der Waals surface area contributed by atoms with Crippen molar-refractivity contribution in [2.24, 2.45) is 0 Å². The van der Waals surface area contributed by atoms with Crippen LogP contribution in [0.1, 0.15) is 6.92 Å². The number of carbonyl (C=O) groups is 1. The van der Waals surface area contributed by atoms with Crippen molar-refractivity contribution in [2.75, 3.05) is 11.1 Å². The molecule has 6 heteroatoms. The second-order valence-corrected chi connectivity index (χ2v) is 5.11. The molecule has 0 radical (unpaired) electrons. The highest BCUT2D eigenvalue weighted by Gasteiger charge is 2.13. The molecular formula is C10H10N2O3S. The van der Waals surface area contributed by atoms with Crippen LogP contribution in [-0.4, -0.2) is 20.1 Å². The number of hydrogen-bond donors (Lipinski definition) is 1. The van der Waals surface area contributed by atoms with E-state index >= 15 is 0 Å². The fraction of sp³-hybridized carbons (Fsp3) is 0.200. The highest BCUT2D eigenvalue weighted by molar-refractivity contribution is 7.91. The summed E-state index contributed by atoms with van der Waals surface area (Å²) in [5.74, 6) is -0.778. The van der Waals surface area contributed by atoms with Crippen molar-refractivity contribution in [1.82, 2.24) is 0 Å². The zero-order valence-corrected chi connectivity index (χ0v) is 9.41. The van der Waals surface area contributed by atoms with Gasteiger partial charge in [-0.15, -0.1) is 0 Å². The van der Waals surface area contributed by atoms with Crippen molar-refractivity contribution >= 4 is 21.4 Å². The van der Waals surface area contributed by atoms with Gasteiger partial charge < -0.3 is 5.32 Å². The molecule has 0 fully saturated rings. The fourth-order valence-corrected chi connectivity index (χ4v) is 2.00. The molecule has 1 rings (SSSR count). The van der Waals surface area contributed by atoms with Gasteiger partial charge in [-0.1, -0.05) is 0 Å². The summed E-state index contributed by atoms with van der Waals surface area (Å²) in [6.45, 7) is 1.36. The molecule has 16 heavy (non-hydrogen) atoms. The van der Waals surface area contributed by atoms with Gasteiger partial charge in [0.15, 0.2) is 9.84 Å². The minimum Gasteiger partial charge on any atom is -0.326 e. The number of hydrogen-bond acceptors (Lipinski definition) is 4. The summed E-state index contributed by atoms with van der Waals surface area (Å²) < 4.78 is 22.9. The van der Waals surface area contributed by atoms with Crippen LogP contribution < -0.4 is 5.32 Å². The van der Waals surface area contributed by atoms with E-state index in [1.54, 1.807) is 6.07 Å². The number of sulfone groups is 1. The Hall–Kier alpha value is -1.87. The third-order valence-corrected chi connectivity index (χ3v) is 3.29. The van der Waals surface area contributed by atoms with Crippen LogP contribution in [0.25, 0.3) is 0 Å². The van der Waals surface area contributed by atoms with Gasteiger partial charge in [0, 0.05) is 12.6 Å². The van der Waals surface area contributed by atoms with E-state index in [2.05, 4.69) is 5.32 Å². The lowest BCUT2D eigenvalue weighted by molar-refractivity contribution is -0.114. The van der Waals surface area contributed by atoms with Crippen molar-refractivity contribution in [3.05, 3.63) is 24.3 Å². The highest BCUT2D eigenvalue weighted by atomic mass is 32.2. The van der Waals surface area contributed by atoms with E-state index in [-0.39, 0.29) is 10.8 Å². The molecule has 0 unspecified atom stereocenters. The SMILES string of the molecule is CC(=O)Nc1ccc(S(=O)(=O)CC#N)cc1. The Morgan fingerprint density at radius 3 is 2.38 bits per heavy atom. The Bertz CT molecular complexity index is 526. The fourth-order valence-electron chi connectivity index (χ4n) is 1.12. The average Bonchev–Trinajstić information content (AvgIpc) is 2.17. The minimum absolute atomic E-state index is 0.0724. The molecule has 0 aliphatic heterocycles. The number of carbonyl (C=O) groups excluding carboxylic acids is 1. The quantitative estimate of drug-likeness (QED) is 0.849. The topological polar surface area (TPSA) is 87.0 Å². The van der Waals surface area contributed by atoms with E-state index in [9.17, 15) is 13.2 Å². The summed E-state index contributed by atoms with van der Waals surface area (Å²) in [6.07, 6.45) is 0. The Morgan fingerprint density at radius 2 is 1.94 bits per heavy atom. The first-order valence-corrected chi connectivity index (χ1v) is 6.08. The molecule has 0 spiro atoms. The summed E-state index contributed by atoms with van der Waals surface area (Å²) in [7, 11) is -3.53. The molecule has 0 saturated carbocycles. The lowest BCUT2D eigenvalue weighted by atomic mass is 10.3. The number of rotatable bonds is 3. The number of nitriles is 1. The molecule has 1 amide bonds. The van der Waals surface area contributed by atoms with Gasteiger partial charge >= 0.3 is 0 Å². The molecule has 84 valence electrons. The van der Waals surface area contributed by atoms with Crippen molar-refractivity contribution in [3.63, 3.8) is 0 Å². The van der Waals surface area contributed by atoms with Gasteiger partial charge in [0.2, 0.25) is 5.91 Å². The van der Waals surface area contributed by atoms with E-state index in [0.29, 0.717) is 5.69 Å². The second-order valence-electron chi connectivity index (χ2n) is 3.12. The Balaban J connectivity index is 2.96. The first kappa shape index (κ1) is 12.2. The number of benzene rings is 1. The molecule has 0 heterocycles. The predicted octanol–water partition coefficient (Wildman–Crippen LogP) is 0.942. The zero-order chi connectivity index (χ0) is 12.2. The van der Waals surface area contributed by atoms with Crippen molar-refractivity contribution in [3.8, 4) is 6.07 Å². The Morgan fingerprint density at radius 1 is 1.38 bits per heavy atom. The van der Waals surface area contributed by atoms with Gasteiger partial charge in [0.25, 0.3) is 0 Å². The Kier molecular flexibility index (Phi) is 3.64. The predicted molar refractivity (Wildman–Crippen MR) is 58.4 cm³/mol. The normalized spacial score (nSPS) is 10.5. The molecular weight excluding hydrogens is 228 g/mol. The smallest absolute Gasteiger partial charge is 0.221 e. The van der Waals surface area contributed by atoms with Gasteiger partial charge in [-0.2, -0.15) is 5.26 Å². The summed E-state index contributed by atoms with van der Waals surface area (Å²) in [6, 6.07) is 7.27. The van der Waals surface area contributed by atoms with E-state index in [4.69, 9.17) is 5.26 Å². The van der Waals surface area contributed by atoms with Crippen LogP contribution in [0.15, 0.2) is 29.2 Å². The van der Waals surface area contributed by atoms with Crippen molar-refractivity contribution in [2.45, 2.75) is 11.8 Å². The van der Waals surface area contributed by atoms with Crippen LogP contribution in [-0.2, 0) is 14.6 Å². The van der Waals surface area contributed by atoms with Gasteiger partial charge in [0.05, 0.1) is 11.0 Å². The zero-order valence-electron chi connectivity index (χ0n) is 8.60. The minimum atomic E-state index is -3.53. The Labute approximate surface area is 93.6 Å². The lowest BCUT2D eigenvalue weighted by Crippen LogP contribution is -2.07. The van der Waals surface area contributed by atoms with Crippen LogP contribution in [0.2, 0.25) is 0 Å². The summed E-state index contributed by atoms with van der Waals surface area (Å²) in [5, 5.41) is 10.9. The molecule has 1 aromatic carbocycles. The number of nitrogens with zero attached hydrogens (tertiary/aromatic N) is 1. The van der Waals surface area contributed by atoms with Gasteiger partial charge in [-0.25, -0.2) is 8.42 Å². The number of amides is 1. The van der Waals surface area contributed by atoms with Crippen molar-refractivity contribution < 1.29 is 13.2 Å². The van der Waals surface area contributed by atoms with Gasteiger partial charge in [-0.05, 0) is 24.3 Å². The molecule has 0 atom stereocenters. The monoisotopic (exact) mass is 238 g/mol. The van der Waals surface area contributed by atoms with Gasteiger partial charge in [0.1, 0.15) is 5.75 Å². The number of nitrogens with one attached hydrogen (secondary N) is 1.